The van der Waals surface area contributed by atoms with Crippen molar-refractivity contribution >= 4 is 28.3 Å². The third kappa shape index (κ3) is 4.40. The van der Waals surface area contributed by atoms with Gasteiger partial charge in [-0.1, -0.05) is 35.9 Å². The molecule has 1 aliphatic carbocycles. The average Bonchev–Trinajstić information content (AvgIpc) is 2.68. The highest BCUT2D eigenvalue weighted by molar-refractivity contribution is 7.84. The Balaban J connectivity index is 1.40. The Morgan fingerprint density at radius 1 is 1.25 bits per heavy atom. The minimum Gasteiger partial charge on any atom is -0.467 e. The summed E-state index contributed by atoms with van der Waals surface area (Å²) in [4.78, 5) is 12.5. The minimum atomic E-state index is -1.36. The number of ether oxygens (including phenoxy) is 2. The zero-order valence-electron chi connectivity index (χ0n) is 15.4. The van der Waals surface area contributed by atoms with E-state index in [9.17, 15) is 9.00 Å². The Hall–Kier alpha value is -1.89. The van der Waals surface area contributed by atoms with Gasteiger partial charge in [-0.3, -0.25) is 9.00 Å². The van der Waals surface area contributed by atoms with Gasteiger partial charge >= 0.3 is 0 Å². The Labute approximate surface area is 171 Å². The molecule has 2 aliphatic rings. The molecule has 0 spiro atoms. The minimum absolute atomic E-state index is 0.00568. The van der Waals surface area contributed by atoms with Crippen LogP contribution in [-0.4, -0.2) is 22.7 Å². The lowest BCUT2D eigenvalue weighted by Crippen LogP contribution is -2.34. The third-order valence-electron chi connectivity index (χ3n) is 5.06. The summed E-state index contributed by atoms with van der Waals surface area (Å²) < 4.78 is 23.5. The number of carbonyl (C=O) groups excluding carboxylic acids is 1. The molecule has 0 aromatic heterocycles. The van der Waals surface area contributed by atoms with Crippen molar-refractivity contribution in [1.29, 1.82) is 0 Å². The van der Waals surface area contributed by atoms with Crippen LogP contribution in [0.5, 0.6) is 5.75 Å². The lowest BCUT2D eigenvalue weighted by molar-refractivity contribution is -0.119. The molecule has 7 heteroatoms. The van der Waals surface area contributed by atoms with E-state index in [1.807, 2.05) is 12.1 Å². The first kappa shape index (κ1) is 19.4. The van der Waals surface area contributed by atoms with Crippen molar-refractivity contribution in [2.45, 2.75) is 37.7 Å². The molecule has 5 nitrogen and oxygen atoms in total. The maximum atomic E-state index is 12.6. The van der Waals surface area contributed by atoms with Crippen LogP contribution in [0, 0.1) is 0 Å². The zero-order valence-corrected chi connectivity index (χ0v) is 17.0. The van der Waals surface area contributed by atoms with Crippen molar-refractivity contribution in [3.05, 3.63) is 63.7 Å². The summed E-state index contributed by atoms with van der Waals surface area (Å²) in [5.74, 6) is 0.652. The summed E-state index contributed by atoms with van der Waals surface area (Å²) in [5.41, 5.74) is 4.05. The lowest BCUT2D eigenvalue weighted by Gasteiger charge is -2.26. The number of fused-ring (bicyclic) bond motifs is 2. The summed E-state index contributed by atoms with van der Waals surface area (Å²) in [7, 11) is -1.36. The van der Waals surface area contributed by atoms with Gasteiger partial charge in [0.15, 0.2) is 6.79 Å². The van der Waals surface area contributed by atoms with Crippen LogP contribution in [0.1, 0.15) is 41.1 Å². The van der Waals surface area contributed by atoms with E-state index in [0.29, 0.717) is 17.4 Å². The van der Waals surface area contributed by atoms with E-state index in [-0.39, 0.29) is 30.2 Å². The molecular weight excluding hydrogens is 398 g/mol. The van der Waals surface area contributed by atoms with E-state index in [0.717, 1.165) is 30.4 Å². The predicted molar refractivity (Wildman–Crippen MR) is 109 cm³/mol. The largest absolute Gasteiger partial charge is 0.467 e. The van der Waals surface area contributed by atoms with Crippen LogP contribution < -0.4 is 10.1 Å². The van der Waals surface area contributed by atoms with Crippen LogP contribution in [0.15, 0.2) is 36.4 Å². The van der Waals surface area contributed by atoms with Gasteiger partial charge in [-0.2, -0.15) is 0 Å². The summed E-state index contributed by atoms with van der Waals surface area (Å²) in [5, 5.41) is 3.60. The molecule has 4 rings (SSSR count). The Bertz CT molecular complexity index is 917. The molecular formula is C21H22ClNO4S. The van der Waals surface area contributed by atoms with Gasteiger partial charge in [0.05, 0.1) is 18.4 Å². The molecule has 1 aliphatic heterocycles. The quantitative estimate of drug-likeness (QED) is 0.803. The summed E-state index contributed by atoms with van der Waals surface area (Å²) >= 11 is 6.16. The van der Waals surface area contributed by atoms with Gasteiger partial charge in [0.2, 0.25) is 5.91 Å². The van der Waals surface area contributed by atoms with Crippen LogP contribution in [0.25, 0.3) is 0 Å². The fourth-order valence-corrected chi connectivity index (χ4v) is 5.18. The Morgan fingerprint density at radius 2 is 2.11 bits per heavy atom. The van der Waals surface area contributed by atoms with Crippen LogP contribution in [0.4, 0.5) is 0 Å². The zero-order chi connectivity index (χ0) is 19.5. The lowest BCUT2D eigenvalue weighted by atomic mass is 9.88. The molecule has 2 aromatic carbocycles. The summed E-state index contributed by atoms with van der Waals surface area (Å²) in [6, 6.07) is 11.7. The van der Waals surface area contributed by atoms with Gasteiger partial charge in [0, 0.05) is 26.9 Å². The van der Waals surface area contributed by atoms with Crippen molar-refractivity contribution in [2.24, 2.45) is 0 Å². The number of nitrogens with one attached hydrogen (secondary N) is 1. The molecule has 28 heavy (non-hydrogen) atoms. The molecule has 1 amide bonds. The number of amides is 1. The van der Waals surface area contributed by atoms with Crippen LogP contribution in [-0.2, 0) is 39.1 Å². The molecule has 0 saturated heterocycles. The normalized spacial score (nSPS) is 19.1. The highest BCUT2D eigenvalue weighted by atomic mass is 35.5. The fourth-order valence-electron chi connectivity index (χ4n) is 3.87. The monoisotopic (exact) mass is 419 g/mol. The molecule has 2 aromatic rings. The second-order valence-electron chi connectivity index (χ2n) is 7.10. The Kier molecular flexibility index (Phi) is 5.99. The smallest absolute Gasteiger partial charge is 0.233 e. The topological polar surface area (TPSA) is 64.6 Å². The number of aryl methyl sites for hydroxylation is 1. The van der Waals surface area contributed by atoms with Gasteiger partial charge < -0.3 is 14.8 Å². The molecule has 0 bridgehead atoms. The number of rotatable bonds is 5. The van der Waals surface area contributed by atoms with Gasteiger partial charge in [-0.25, -0.2) is 0 Å². The predicted octanol–water partition coefficient (Wildman–Crippen LogP) is 3.65. The standard InChI is InChI=1S/C21H22ClNO4S/c22-17-8-15-10-26-13-27-21(15)16(9-17)11-28(25)12-20(24)23-19-7-3-5-14-4-1-2-6-18(14)19/h1-2,4,6,8-9,19H,3,5,7,10-13H2,(H,23,24)/t19-,28+/m0/s1. The van der Waals surface area contributed by atoms with Crippen molar-refractivity contribution < 1.29 is 18.5 Å². The van der Waals surface area contributed by atoms with Crippen LogP contribution >= 0.6 is 11.6 Å². The van der Waals surface area contributed by atoms with Crippen molar-refractivity contribution in [2.75, 3.05) is 12.5 Å². The molecule has 0 radical (unpaired) electrons. The van der Waals surface area contributed by atoms with Gasteiger partial charge in [-0.05, 0) is 42.5 Å². The molecule has 148 valence electrons. The van der Waals surface area contributed by atoms with Crippen molar-refractivity contribution in [1.82, 2.24) is 5.32 Å². The molecule has 0 unspecified atom stereocenters. The van der Waals surface area contributed by atoms with E-state index in [4.69, 9.17) is 21.1 Å². The first-order valence-electron chi connectivity index (χ1n) is 9.34. The van der Waals surface area contributed by atoms with Gasteiger partial charge in [0.25, 0.3) is 0 Å². The molecule has 0 saturated carbocycles. The van der Waals surface area contributed by atoms with Gasteiger partial charge in [0.1, 0.15) is 11.5 Å². The van der Waals surface area contributed by atoms with E-state index in [1.54, 1.807) is 12.1 Å². The highest BCUT2D eigenvalue weighted by Gasteiger charge is 2.23. The van der Waals surface area contributed by atoms with E-state index in [1.165, 1.54) is 11.1 Å². The first-order valence-corrected chi connectivity index (χ1v) is 11.2. The fraction of sp³-hybridized carbons (Fsp3) is 0.381. The molecule has 1 N–H and O–H groups in total. The molecule has 1 heterocycles. The molecule has 2 atom stereocenters. The highest BCUT2D eigenvalue weighted by Crippen LogP contribution is 2.33. The van der Waals surface area contributed by atoms with E-state index in [2.05, 4.69) is 17.4 Å². The number of hydrogen-bond donors (Lipinski definition) is 1. The maximum Gasteiger partial charge on any atom is 0.233 e. The third-order valence-corrected chi connectivity index (χ3v) is 6.50. The van der Waals surface area contributed by atoms with Crippen molar-refractivity contribution in [3.63, 3.8) is 0 Å². The maximum absolute atomic E-state index is 12.6. The van der Waals surface area contributed by atoms with Crippen LogP contribution in [0.2, 0.25) is 5.02 Å². The van der Waals surface area contributed by atoms with Crippen LogP contribution in [0.3, 0.4) is 0 Å². The SMILES string of the molecule is O=C(C[S@](=O)Cc1cc(Cl)cc2c1OCOC2)N[C@H]1CCCc2ccccc21. The number of carbonyl (C=O) groups is 1. The van der Waals surface area contributed by atoms with E-state index < -0.39 is 10.8 Å². The second-order valence-corrected chi connectivity index (χ2v) is 9.00. The average molecular weight is 420 g/mol. The number of hydrogen-bond acceptors (Lipinski definition) is 4. The summed E-state index contributed by atoms with van der Waals surface area (Å²) in [6.07, 6.45) is 2.99. The Morgan fingerprint density at radius 3 is 3.00 bits per heavy atom. The van der Waals surface area contributed by atoms with E-state index >= 15 is 0 Å². The van der Waals surface area contributed by atoms with Crippen molar-refractivity contribution in [3.8, 4) is 5.75 Å². The summed E-state index contributed by atoms with van der Waals surface area (Å²) in [6.45, 7) is 0.576. The van der Waals surface area contributed by atoms with Gasteiger partial charge in [-0.15, -0.1) is 0 Å². The first-order chi connectivity index (χ1) is 13.6. The molecule has 0 fully saturated rings. The number of benzene rings is 2. The second kappa shape index (κ2) is 8.64. The number of halogens is 1.